The van der Waals surface area contributed by atoms with Crippen molar-refractivity contribution in [1.29, 1.82) is 0 Å². The van der Waals surface area contributed by atoms with E-state index in [-0.39, 0.29) is 18.4 Å². The lowest BCUT2D eigenvalue weighted by molar-refractivity contribution is -0.143. The number of benzene rings is 3. The van der Waals surface area contributed by atoms with Crippen molar-refractivity contribution >= 4 is 17.5 Å². The second kappa shape index (κ2) is 8.48. The fraction of sp³-hybridized carbons (Fsp3) is 0.231. The van der Waals surface area contributed by atoms with Gasteiger partial charge in [-0.2, -0.15) is 0 Å². The van der Waals surface area contributed by atoms with E-state index in [4.69, 9.17) is 9.57 Å². The zero-order chi connectivity index (χ0) is 22.1. The number of hydrogen-bond acceptors (Lipinski definition) is 5. The summed E-state index contributed by atoms with van der Waals surface area (Å²) in [6, 6.07) is 26.3. The number of amides is 2. The van der Waals surface area contributed by atoms with E-state index in [0.29, 0.717) is 6.61 Å². The summed E-state index contributed by atoms with van der Waals surface area (Å²) >= 11 is 0. The Hall–Kier alpha value is -3.64. The molecule has 0 spiro atoms. The Balaban J connectivity index is 1.50. The zero-order valence-corrected chi connectivity index (χ0v) is 17.8. The maximum Gasteiger partial charge on any atom is 0.262 e. The lowest BCUT2D eigenvalue weighted by atomic mass is 9.90. The number of imide groups is 1. The fourth-order valence-corrected chi connectivity index (χ4v) is 4.46. The molecule has 162 valence electrons. The highest BCUT2D eigenvalue weighted by molar-refractivity contribution is 6.07. The van der Waals surface area contributed by atoms with Gasteiger partial charge in [-0.05, 0) is 42.3 Å². The topological polar surface area (TPSA) is 59.1 Å². The first-order chi connectivity index (χ1) is 15.7. The van der Waals surface area contributed by atoms with Gasteiger partial charge in [0.2, 0.25) is 5.91 Å². The van der Waals surface area contributed by atoms with Gasteiger partial charge in [0.15, 0.2) is 6.10 Å². The molecule has 6 heteroatoms. The number of ether oxygens (including phenoxy) is 1. The molecular formula is C26H24N2O4. The minimum atomic E-state index is -0.844. The fourth-order valence-electron chi connectivity index (χ4n) is 4.46. The molecule has 2 saturated heterocycles. The number of fused-ring (bicyclic) bond motifs is 1. The highest BCUT2D eigenvalue weighted by Crippen LogP contribution is 2.47. The van der Waals surface area contributed by atoms with E-state index in [0.717, 1.165) is 22.6 Å². The van der Waals surface area contributed by atoms with Crippen molar-refractivity contribution in [2.75, 3.05) is 11.7 Å². The maximum absolute atomic E-state index is 13.5. The first kappa shape index (κ1) is 20.3. The highest BCUT2D eigenvalue weighted by atomic mass is 16.7. The molecule has 32 heavy (non-hydrogen) atoms. The molecule has 0 radical (unpaired) electrons. The summed E-state index contributed by atoms with van der Waals surface area (Å²) in [5.74, 6) is -0.360. The Morgan fingerprint density at radius 2 is 1.50 bits per heavy atom. The number of rotatable bonds is 6. The average molecular weight is 428 g/mol. The maximum atomic E-state index is 13.5. The van der Waals surface area contributed by atoms with Crippen molar-refractivity contribution in [3.63, 3.8) is 0 Å². The Labute approximate surface area is 186 Å². The highest BCUT2D eigenvalue weighted by Gasteiger charge is 2.59. The minimum absolute atomic E-state index is 0.207. The summed E-state index contributed by atoms with van der Waals surface area (Å²) in [5, 5.41) is 1.71. The predicted octanol–water partition coefficient (Wildman–Crippen LogP) is 4.13. The average Bonchev–Trinajstić information content (AvgIpc) is 3.33. The smallest absolute Gasteiger partial charge is 0.262 e. The van der Waals surface area contributed by atoms with Crippen LogP contribution >= 0.6 is 0 Å². The summed E-state index contributed by atoms with van der Waals surface area (Å²) in [6.45, 7) is 2.76. The second-order valence-electron chi connectivity index (χ2n) is 7.91. The molecule has 3 atom stereocenters. The number of carbonyl (C=O) groups excluding carboxylic acids is 2. The van der Waals surface area contributed by atoms with Gasteiger partial charge < -0.3 is 4.74 Å². The first-order valence-corrected chi connectivity index (χ1v) is 10.8. The van der Waals surface area contributed by atoms with Gasteiger partial charge in [0.1, 0.15) is 11.7 Å². The molecule has 3 aromatic rings. The van der Waals surface area contributed by atoms with E-state index in [9.17, 15) is 9.59 Å². The number of hydrogen-bond donors (Lipinski definition) is 0. The molecule has 0 aromatic heterocycles. The Bertz CT molecular complexity index is 1100. The molecule has 0 bridgehead atoms. The van der Waals surface area contributed by atoms with Crippen molar-refractivity contribution in [2.45, 2.75) is 25.6 Å². The Morgan fingerprint density at radius 1 is 0.844 bits per heavy atom. The van der Waals surface area contributed by atoms with E-state index in [1.165, 1.54) is 4.90 Å². The van der Waals surface area contributed by atoms with Crippen LogP contribution in [0.2, 0.25) is 0 Å². The summed E-state index contributed by atoms with van der Waals surface area (Å²) in [5.41, 5.74) is 2.61. The standard InChI is InChI=1S/C26H24N2O4/c1-2-31-21-15-13-19(14-16-21)23-22-24(32-28(23)20-11-7-4-8-12-20)26(30)27(25(22)29)17-18-9-5-3-6-10-18/h3-16,22-24H,2,17H2,1H3/t22-,23-,24-/m1/s1. The van der Waals surface area contributed by atoms with Crippen LogP contribution in [0, 0.1) is 5.92 Å². The van der Waals surface area contributed by atoms with E-state index in [1.807, 2.05) is 91.9 Å². The van der Waals surface area contributed by atoms with Crippen LogP contribution in [0.3, 0.4) is 0 Å². The SMILES string of the molecule is CCOc1ccc([C@@H]2[C@H]3C(=O)N(Cc4ccccc4)C(=O)[C@@H]3ON2c2ccccc2)cc1. The van der Waals surface area contributed by atoms with E-state index in [1.54, 1.807) is 5.06 Å². The number of likely N-dealkylation sites (tertiary alicyclic amines) is 1. The number of para-hydroxylation sites is 1. The first-order valence-electron chi connectivity index (χ1n) is 10.8. The van der Waals surface area contributed by atoms with Crippen LogP contribution in [-0.4, -0.2) is 29.4 Å². The Morgan fingerprint density at radius 3 is 2.16 bits per heavy atom. The molecule has 2 aliphatic rings. The molecule has 3 aromatic carbocycles. The van der Waals surface area contributed by atoms with Crippen molar-refractivity contribution in [3.8, 4) is 5.75 Å². The zero-order valence-electron chi connectivity index (χ0n) is 17.8. The third kappa shape index (κ3) is 3.52. The van der Waals surface area contributed by atoms with Crippen LogP contribution in [0.1, 0.15) is 24.1 Å². The van der Waals surface area contributed by atoms with Crippen molar-refractivity contribution < 1.29 is 19.2 Å². The molecule has 2 heterocycles. The summed E-state index contributed by atoms with van der Waals surface area (Å²) < 4.78 is 5.57. The molecule has 0 aliphatic carbocycles. The van der Waals surface area contributed by atoms with Gasteiger partial charge >= 0.3 is 0 Å². The van der Waals surface area contributed by atoms with Gasteiger partial charge in [-0.1, -0.05) is 60.7 Å². The Kier molecular flexibility index (Phi) is 5.37. The van der Waals surface area contributed by atoms with Gasteiger partial charge in [0.25, 0.3) is 5.91 Å². The molecule has 2 aliphatic heterocycles. The van der Waals surface area contributed by atoms with E-state index >= 15 is 0 Å². The van der Waals surface area contributed by atoms with Crippen LogP contribution in [0.15, 0.2) is 84.9 Å². The van der Waals surface area contributed by atoms with Crippen LogP contribution in [0.5, 0.6) is 5.75 Å². The predicted molar refractivity (Wildman–Crippen MR) is 120 cm³/mol. The largest absolute Gasteiger partial charge is 0.494 e. The van der Waals surface area contributed by atoms with E-state index in [2.05, 4.69) is 0 Å². The van der Waals surface area contributed by atoms with Crippen LogP contribution in [0.25, 0.3) is 0 Å². The number of anilines is 1. The summed E-state index contributed by atoms with van der Waals surface area (Å²) in [4.78, 5) is 34.2. The lowest BCUT2D eigenvalue weighted by Gasteiger charge is -2.28. The molecule has 5 rings (SSSR count). The quantitative estimate of drug-likeness (QED) is 0.553. The van der Waals surface area contributed by atoms with E-state index < -0.39 is 18.1 Å². The molecule has 2 fully saturated rings. The third-order valence-electron chi connectivity index (χ3n) is 5.93. The lowest BCUT2D eigenvalue weighted by Crippen LogP contribution is -2.36. The van der Waals surface area contributed by atoms with Gasteiger partial charge in [-0.15, -0.1) is 0 Å². The normalized spacial score (nSPS) is 22.3. The van der Waals surface area contributed by atoms with Crippen molar-refractivity contribution in [2.24, 2.45) is 5.92 Å². The van der Waals surface area contributed by atoms with Gasteiger partial charge in [0.05, 0.1) is 24.9 Å². The minimum Gasteiger partial charge on any atom is -0.494 e. The van der Waals surface area contributed by atoms with Gasteiger partial charge in [-0.3, -0.25) is 19.3 Å². The molecule has 0 N–H and O–H groups in total. The molecule has 6 nitrogen and oxygen atoms in total. The number of carbonyl (C=O) groups is 2. The number of hydroxylamine groups is 1. The molecule has 2 amide bonds. The molecule has 0 saturated carbocycles. The van der Waals surface area contributed by atoms with Gasteiger partial charge in [-0.25, -0.2) is 5.06 Å². The molecule has 0 unspecified atom stereocenters. The van der Waals surface area contributed by atoms with Crippen molar-refractivity contribution in [3.05, 3.63) is 96.1 Å². The monoisotopic (exact) mass is 428 g/mol. The third-order valence-corrected chi connectivity index (χ3v) is 5.93. The molecular weight excluding hydrogens is 404 g/mol. The summed E-state index contributed by atoms with van der Waals surface area (Å²) in [6.07, 6.45) is -0.844. The van der Waals surface area contributed by atoms with Crippen molar-refractivity contribution in [1.82, 2.24) is 4.90 Å². The van der Waals surface area contributed by atoms with Gasteiger partial charge in [0, 0.05) is 0 Å². The van der Waals surface area contributed by atoms with Crippen LogP contribution in [0.4, 0.5) is 5.69 Å². The van der Waals surface area contributed by atoms with Crippen LogP contribution in [-0.2, 0) is 21.0 Å². The summed E-state index contributed by atoms with van der Waals surface area (Å²) in [7, 11) is 0. The van der Waals surface area contributed by atoms with Crippen LogP contribution < -0.4 is 9.80 Å². The number of nitrogens with zero attached hydrogens (tertiary/aromatic N) is 2. The second-order valence-corrected chi connectivity index (χ2v) is 7.91.